The predicted molar refractivity (Wildman–Crippen MR) is 100 cm³/mol. The topological polar surface area (TPSA) is 67.4 Å². The molecule has 5 nitrogen and oxygen atoms in total. The lowest BCUT2D eigenvalue weighted by molar-refractivity contribution is -0.121. The molecule has 0 saturated heterocycles. The number of ether oxygens (including phenoxy) is 1. The van der Waals surface area contributed by atoms with Crippen molar-refractivity contribution >= 4 is 27.7 Å². The molecule has 0 heterocycles. The molecular weight excluding hydrogens is 384 g/mol. The normalized spacial score (nSPS) is 10.2. The largest absolute Gasteiger partial charge is 0.492 e. The van der Waals surface area contributed by atoms with Gasteiger partial charge in [-0.15, -0.1) is 0 Å². The fourth-order valence-corrected chi connectivity index (χ4v) is 2.66. The minimum atomic E-state index is -0.374. The lowest BCUT2D eigenvalue weighted by atomic mass is 10.2. The zero-order valence-corrected chi connectivity index (χ0v) is 15.6. The first kappa shape index (κ1) is 19.0. The zero-order valence-electron chi connectivity index (χ0n) is 14.0. The van der Waals surface area contributed by atoms with Crippen LogP contribution in [0.25, 0.3) is 0 Å². The van der Waals surface area contributed by atoms with Crippen molar-refractivity contribution in [1.29, 1.82) is 0 Å². The molecule has 132 valence electrons. The Morgan fingerprint density at radius 1 is 1.08 bits per heavy atom. The van der Waals surface area contributed by atoms with E-state index in [1.165, 1.54) is 5.56 Å². The quantitative estimate of drug-likeness (QED) is 0.692. The molecule has 0 saturated carbocycles. The van der Waals surface area contributed by atoms with E-state index in [-0.39, 0.29) is 11.8 Å². The van der Waals surface area contributed by atoms with Crippen LogP contribution in [0.1, 0.15) is 35.7 Å². The molecule has 2 aromatic carbocycles. The molecule has 0 aromatic heterocycles. The Bertz CT molecular complexity index is 720. The van der Waals surface area contributed by atoms with Gasteiger partial charge < -0.3 is 4.74 Å². The highest BCUT2D eigenvalue weighted by Gasteiger charge is 2.10. The number of amides is 2. The number of hydrogen-bond acceptors (Lipinski definition) is 3. The molecule has 0 aliphatic carbocycles. The van der Waals surface area contributed by atoms with Crippen molar-refractivity contribution in [3.8, 4) is 5.75 Å². The Hall–Kier alpha value is -2.34. The summed E-state index contributed by atoms with van der Waals surface area (Å²) in [4.78, 5) is 23.4. The molecule has 0 unspecified atom stereocenters. The molecule has 0 aliphatic rings. The minimum absolute atomic E-state index is 0.212. The smallest absolute Gasteiger partial charge is 0.269 e. The van der Waals surface area contributed by atoms with Crippen molar-refractivity contribution in [2.24, 2.45) is 0 Å². The maximum absolute atomic E-state index is 12.0. The van der Waals surface area contributed by atoms with E-state index >= 15 is 0 Å². The monoisotopic (exact) mass is 404 g/mol. The van der Waals surface area contributed by atoms with Crippen molar-refractivity contribution in [3.63, 3.8) is 0 Å². The third-order valence-corrected chi connectivity index (χ3v) is 4.10. The van der Waals surface area contributed by atoms with Crippen LogP contribution in [0, 0.1) is 0 Å². The Balaban J connectivity index is 1.86. The molecule has 2 amide bonds. The first-order chi connectivity index (χ1) is 12.1. The molecule has 0 radical (unpaired) electrons. The van der Waals surface area contributed by atoms with Gasteiger partial charge in [0.25, 0.3) is 5.91 Å². The van der Waals surface area contributed by atoms with E-state index in [0.29, 0.717) is 28.8 Å². The molecule has 2 aromatic rings. The first-order valence-electron chi connectivity index (χ1n) is 8.15. The van der Waals surface area contributed by atoms with Crippen molar-refractivity contribution in [2.45, 2.75) is 26.2 Å². The summed E-state index contributed by atoms with van der Waals surface area (Å²) in [5, 5.41) is 0. The van der Waals surface area contributed by atoms with Crippen LogP contribution >= 0.6 is 15.9 Å². The lowest BCUT2D eigenvalue weighted by Crippen LogP contribution is -2.41. The van der Waals surface area contributed by atoms with Crippen LogP contribution in [-0.4, -0.2) is 18.4 Å². The van der Waals surface area contributed by atoms with E-state index in [0.717, 1.165) is 12.8 Å². The summed E-state index contributed by atoms with van der Waals surface area (Å²) in [7, 11) is 0. The number of benzene rings is 2. The van der Waals surface area contributed by atoms with Crippen LogP contribution in [0.15, 0.2) is 53.0 Å². The van der Waals surface area contributed by atoms with Gasteiger partial charge in [0.15, 0.2) is 0 Å². The number of carbonyl (C=O) groups is 2. The van der Waals surface area contributed by atoms with E-state index in [1.54, 1.807) is 18.2 Å². The van der Waals surface area contributed by atoms with Gasteiger partial charge in [-0.05, 0) is 46.1 Å². The van der Waals surface area contributed by atoms with E-state index in [9.17, 15) is 9.59 Å². The second-order valence-corrected chi connectivity index (χ2v) is 6.34. The fraction of sp³-hybridized carbons (Fsp3) is 0.263. The lowest BCUT2D eigenvalue weighted by Gasteiger charge is -2.11. The Morgan fingerprint density at radius 2 is 1.84 bits per heavy atom. The number of halogens is 1. The first-order valence-corrected chi connectivity index (χ1v) is 8.95. The second-order valence-electron chi connectivity index (χ2n) is 5.48. The number of rotatable bonds is 7. The number of hydrazine groups is 1. The third kappa shape index (κ3) is 6.23. The second kappa shape index (κ2) is 9.84. The highest BCUT2D eigenvalue weighted by molar-refractivity contribution is 9.10. The minimum Gasteiger partial charge on any atom is -0.492 e. The summed E-state index contributed by atoms with van der Waals surface area (Å²) in [6, 6.07) is 15.1. The molecule has 0 spiro atoms. The summed E-state index contributed by atoms with van der Waals surface area (Å²) in [5.74, 6) is 0.0827. The maximum Gasteiger partial charge on any atom is 0.269 e. The SMILES string of the molecule is CCCC(=O)NNC(=O)c1ccc(OCCc2ccccc2)c(Br)c1. The number of carbonyl (C=O) groups excluding carboxylic acids is 2. The van der Waals surface area contributed by atoms with Gasteiger partial charge in [0.2, 0.25) is 5.91 Å². The summed E-state index contributed by atoms with van der Waals surface area (Å²) in [5.41, 5.74) is 6.41. The van der Waals surface area contributed by atoms with Crippen molar-refractivity contribution in [1.82, 2.24) is 10.9 Å². The maximum atomic E-state index is 12.0. The Morgan fingerprint density at radius 3 is 2.52 bits per heavy atom. The van der Waals surface area contributed by atoms with Crippen LogP contribution in [-0.2, 0) is 11.2 Å². The van der Waals surface area contributed by atoms with Gasteiger partial charge in [0.1, 0.15) is 5.75 Å². The van der Waals surface area contributed by atoms with E-state index in [2.05, 4.69) is 38.9 Å². The summed E-state index contributed by atoms with van der Waals surface area (Å²) < 4.78 is 6.45. The molecule has 0 atom stereocenters. The van der Waals surface area contributed by atoms with Crippen LogP contribution in [0.4, 0.5) is 0 Å². The van der Waals surface area contributed by atoms with Gasteiger partial charge >= 0.3 is 0 Å². The van der Waals surface area contributed by atoms with Crippen LogP contribution in [0.5, 0.6) is 5.75 Å². The molecule has 6 heteroatoms. The average molecular weight is 405 g/mol. The Kier molecular flexibility index (Phi) is 7.47. The van der Waals surface area contributed by atoms with Gasteiger partial charge in [-0.25, -0.2) is 0 Å². The van der Waals surface area contributed by atoms with Gasteiger partial charge in [-0.3, -0.25) is 20.4 Å². The molecule has 2 rings (SSSR count). The van der Waals surface area contributed by atoms with Crippen molar-refractivity contribution in [3.05, 3.63) is 64.1 Å². The summed E-state index contributed by atoms with van der Waals surface area (Å²) in [6.45, 7) is 2.44. The van der Waals surface area contributed by atoms with Crippen LogP contribution < -0.4 is 15.6 Å². The zero-order chi connectivity index (χ0) is 18.1. The number of nitrogens with one attached hydrogen (secondary N) is 2. The van der Waals surface area contributed by atoms with Gasteiger partial charge in [-0.2, -0.15) is 0 Å². The van der Waals surface area contributed by atoms with E-state index < -0.39 is 0 Å². The van der Waals surface area contributed by atoms with Crippen LogP contribution in [0.2, 0.25) is 0 Å². The standard InChI is InChI=1S/C19H21BrN2O3/c1-2-6-18(23)21-22-19(24)15-9-10-17(16(20)13-15)25-12-11-14-7-4-3-5-8-14/h3-5,7-10,13H,2,6,11-12H2,1H3,(H,21,23)(H,22,24). The predicted octanol–water partition coefficient (Wildman–Crippen LogP) is 3.63. The molecule has 25 heavy (non-hydrogen) atoms. The van der Waals surface area contributed by atoms with Gasteiger partial charge in [-0.1, -0.05) is 37.3 Å². The number of hydrogen-bond donors (Lipinski definition) is 2. The molecule has 0 bridgehead atoms. The van der Waals surface area contributed by atoms with Gasteiger partial charge in [0, 0.05) is 18.4 Å². The summed E-state index contributed by atoms with van der Waals surface area (Å²) in [6.07, 6.45) is 1.90. The third-order valence-electron chi connectivity index (χ3n) is 3.48. The molecule has 0 fully saturated rings. The molecule has 0 aliphatic heterocycles. The highest BCUT2D eigenvalue weighted by Crippen LogP contribution is 2.26. The van der Waals surface area contributed by atoms with Crippen molar-refractivity contribution < 1.29 is 14.3 Å². The van der Waals surface area contributed by atoms with E-state index in [4.69, 9.17) is 4.74 Å². The van der Waals surface area contributed by atoms with Gasteiger partial charge in [0.05, 0.1) is 11.1 Å². The van der Waals surface area contributed by atoms with E-state index in [1.807, 2.05) is 25.1 Å². The molecule has 2 N–H and O–H groups in total. The van der Waals surface area contributed by atoms with Crippen molar-refractivity contribution in [2.75, 3.05) is 6.61 Å². The fourth-order valence-electron chi connectivity index (χ4n) is 2.17. The van der Waals surface area contributed by atoms with Crippen LogP contribution in [0.3, 0.4) is 0 Å². The Labute approximate surface area is 155 Å². The average Bonchev–Trinajstić information content (AvgIpc) is 2.62. The summed E-state index contributed by atoms with van der Waals surface area (Å²) >= 11 is 3.41. The molecular formula is C19H21BrN2O3. The highest BCUT2D eigenvalue weighted by atomic mass is 79.9.